The van der Waals surface area contributed by atoms with Crippen molar-refractivity contribution in [3.63, 3.8) is 0 Å². The van der Waals surface area contributed by atoms with Crippen molar-refractivity contribution in [2.24, 2.45) is 11.8 Å². The summed E-state index contributed by atoms with van der Waals surface area (Å²) in [6.07, 6.45) is 6.84. The number of aliphatic hydroxyl groups excluding tert-OH is 1. The van der Waals surface area contributed by atoms with Crippen molar-refractivity contribution in [2.45, 2.75) is 31.8 Å². The fraction of sp³-hybridized carbons (Fsp3) is 0.280. The number of hydrogen-bond acceptors (Lipinski definition) is 5. The van der Waals surface area contributed by atoms with Gasteiger partial charge in [-0.25, -0.2) is 0 Å². The molecule has 6 nitrogen and oxygen atoms in total. The minimum Gasteiger partial charge on any atom is -0.392 e. The summed E-state index contributed by atoms with van der Waals surface area (Å²) in [6, 6.07) is 14.1. The zero-order valence-corrected chi connectivity index (χ0v) is 17.2. The number of nitriles is 1. The second-order valence-corrected chi connectivity index (χ2v) is 8.37. The molecule has 0 saturated heterocycles. The van der Waals surface area contributed by atoms with E-state index in [0.717, 1.165) is 46.5 Å². The molecule has 0 radical (unpaired) electrons. The number of benzene rings is 1. The Bertz CT molecular complexity index is 1240. The second kappa shape index (κ2) is 7.29. The van der Waals surface area contributed by atoms with E-state index in [2.05, 4.69) is 28.3 Å². The van der Waals surface area contributed by atoms with E-state index in [4.69, 9.17) is 5.10 Å². The number of allylic oxidation sites excluding steroid dienone is 2. The number of H-pyrrole nitrogens is 1. The molecule has 1 aromatic carbocycles. The number of carbonyl (C=O) groups is 1. The molecule has 154 valence electrons. The maximum atomic E-state index is 12.8. The summed E-state index contributed by atoms with van der Waals surface area (Å²) in [6.45, 7) is 1.85. The van der Waals surface area contributed by atoms with E-state index in [9.17, 15) is 15.2 Å². The summed E-state index contributed by atoms with van der Waals surface area (Å²) in [5.41, 5.74) is 5.01. The summed E-state index contributed by atoms with van der Waals surface area (Å²) in [5, 5.41) is 27.2. The molecule has 2 aliphatic carbocycles. The number of pyridine rings is 1. The van der Waals surface area contributed by atoms with Crippen LogP contribution in [0.1, 0.15) is 35.7 Å². The zero-order valence-electron chi connectivity index (χ0n) is 17.2. The average molecular weight is 410 g/mol. The van der Waals surface area contributed by atoms with Gasteiger partial charge in [0.25, 0.3) is 0 Å². The maximum Gasteiger partial charge on any atom is 0.176 e. The van der Waals surface area contributed by atoms with Crippen molar-refractivity contribution in [1.29, 1.82) is 5.26 Å². The Hall–Kier alpha value is -3.56. The van der Waals surface area contributed by atoms with Crippen LogP contribution in [-0.4, -0.2) is 26.1 Å². The first kappa shape index (κ1) is 19.4. The van der Waals surface area contributed by atoms with Gasteiger partial charge in [0.15, 0.2) is 5.78 Å². The van der Waals surface area contributed by atoms with Crippen LogP contribution in [0.15, 0.2) is 60.4 Å². The van der Waals surface area contributed by atoms with E-state index >= 15 is 0 Å². The molecule has 31 heavy (non-hydrogen) atoms. The minimum absolute atomic E-state index is 0.0186. The predicted octanol–water partition coefficient (Wildman–Crippen LogP) is 3.48. The Morgan fingerprint density at radius 1 is 1.29 bits per heavy atom. The van der Waals surface area contributed by atoms with Gasteiger partial charge >= 0.3 is 0 Å². The second-order valence-electron chi connectivity index (χ2n) is 8.37. The minimum atomic E-state index is -0.649. The Morgan fingerprint density at radius 3 is 2.84 bits per heavy atom. The third kappa shape index (κ3) is 2.77. The molecule has 3 atom stereocenters. The third-order valence-electron chi connectivity index (χ3n) is 6.84. The van der Waals surface area contributed by atoms with Crippen LogP contribution in [0.4, 0.5) is 0 Å². The van der Waals surface area contributed by atoms with Gasteiger partial charge in [-0.2, -0.15) is 10.4 Å². The Labute approximate surface area is 180 Å². The van der Waals surface area contributed by atoms with E-state index < -0.39 is 5.41 Å². The number of Topliss-reactive ketones (excluding diaryl/α,β-unsaturated/α-hetero) is 1. The van der Waals surface area contributed by atoms with E-state index in [-0.39, 0.29) is 29.8 Å². The predicted molar refractivity (Wildman–Crippen MR) is 115 cm³/mol. The molecule has 0 bridgehead atoms. The number of aliphatic hydroxyl groups is 1. The van der Waals surface area contributed by atoms with Gasteiger partial charge < -0.3 is 5.11 Å². The standard InChI is InChI=1S/C25H22N4O2/c1-15-21-8-7-20-22(17-9-16(14-30)12-27-13-17)28-29-24(20)25(21,10-18(11-26)23(15)31)19-5-3-2-4-6-19/h2-6,9-10,12-13,15,21,30H,7-8,14H2,1H3,(H,28,29)/t15?,21?,25-/m1/s1. The van der Waals surface area contributed by atoms with Gasteiger partial charge in [0.1, 0.15) is 6.07 Å². The molecule has 2 aromatic heterocycles. The highest BCUT2D eigenvalue weighted by atomic mass is 16.3. The van der Waals surface area contributed by atoms with Crippen molar-refractivity contribution in [3.05, 3.63) is 82.8 Å². The maximum absolute atomic E-state index is 12.8. The van der Waals surface area contributed by atoms with Crippen LogP contribution in [0.3, 0.4) is 0 Å². The van der Waals surface area contributed by atoms with E-state index in [1.165, 1.54) is 0 Å². The SMILES string of the molecule is CC1C(=O)C(C#N)=C[C@]2(c3ccccc3)c3n[nH]c(-c4cncc(CO)c4)c3CCC12. The molecule has 5 rings (SSSR count). The van der Waals surface area contributed by atoms with Crippen molar-refractivity contribution in [3.8, 4) is 17.3 Å². The number of ketones is 1. The van der Waals surface area contributed by atoms with Crippen LogP contribution in [0.5, 0.6) is 0 Å². The lowest BCUT2D eigenvalue weighted by atomic mass is 9.54. The number of hydrogen-bond donors (Lipinski definition) is 2. The number of fused-ring (bicyclic) bond motifs is 3. The highest BCUT2D eigenvalue weighted by Gasteiger charge is 2.53. The summed E-state index contributed by atoms with van der Waals surface area (Å²) in [4.78, 5) is 17.1. The topological polar surface area (TPSA) is 103 Å². The van der Waals surface area contributed by atoms with Crippen LogP contribution < -0.4 is 0 Å². The molecule has 0 fully saturated rings. The molecule has 2 heterocycles. The summed E-state index contributed by atoms with van der Waals surface area (Å²) in [5.74, 6) is -0.337. The highest BCUT2D eigenvalue weighted by Crippen LogP contribution is 2.54. The normalized spacial score (nSPS) is 24.7. The molecule has 0 amide bonds. The largest absolute Gasteiger partial charge is 0.392 e. The molecule has 0 aliphatic heterocycles. The highest BCUT2D eigenvalue weighted by molar-refractivity contribution is 6.02. The van der Waals surface area contributed by atoms with Gasteiger partial charge in [-0.1, -0.05) is 37.3 Å². The third-order valence-corrected chi connectivity index (χ3v) is 6.84. The Balaban J connectivity index is 1.78. The van der Waals surface area contributed by atoms with E-state index in [0.29, 0.717) is 0 Å². The van der Waals surface area contributed by atoms with Crippen molar-refractivity contribution in [2.75, 3.05) is 0 Å². The average Bonchev–Trinajstić information content (AvgIpc) is 3.27. The smallest absolute Gasteiger partial charge is 0.176 e. The van der Waals surface area contributed by atoms with E-state index in [1.807, 2.05) is 37.3 Å². The van der Waals surface area contributed by atoms with Crippen molar-refractivity contribution < 1.29 is 9.90 Å². The first-order valence-electron chi connectivity index (χ1n) is 10.5. The quantitative estimate of drug-likeness (QED) is 0.688. The number of nitrogens with one attached hydrogen (secondary N) is 1. The lowest BCUT2D eigenvalue weighted by Gasteiger charge is -2.47. The Morgan fingerprint density at radius 2 is 2.10 bits per heavy atom. The van der Waals surface area contributed by atoms with Crippen LogP contribution >= 0.6 is 0 Å². The monoisotopic (exact) mass is 410 g/mol. The summed E-state index contributed by atoms with van der Waals surface area (Å²) in [7, 11) is 0. The summed E-state index contributed by atoms with van der Waals surface area (Å²) >= 11 is 0. The van der Waals surface area contributed by atoms with Gasteiger partial charge in [-0.15, -0.1) is 0 Å². The number of aromatic nitrogens is 3. The van der Waals surface area contributed by atoms with Crippen molar-refractivity contribution >= 4 is 5.78 Å². The van der Waals surface area contributed by atoms with Crippen LogP contribution in [-0.2, 0) is 23.2 Å². The first-order chi connectivity index (χ1) is 15.1. The molecular weight excluding hydrogens is 388 g/mol. The van der Waals surface area contributed by atoms with Gasteiger partial charge in [0, 0.05) is 29.4 Å². The number of rotatable bonds is 3. The van der Waals surface area contributed by atoms with Gasteiger partial charge in [0.05, 0.1) is 29.0 Å². The fourth-order valence-corrected chi connectivity index (χ4v) is 5.39. The molecule has 6 heteroatoms. The lowest BCUT2D eigenvalue weighted by Crippen LogP contribution is -2.48. The van der Waals surface area contributed by atoms with Gasteiger partial charge in [0.2, 0.25) is 0 Å². The lowest BCUT2D eigenvalue weighted by molar-refractivity contribution is -0.121. The van der Waals surface area contributed by atoms with Crippen LogP contribution in [0.25, 0.3) is 11.3 Å². The number of nitrogens with zero attached hydrogens (tertiary/aromatic N) is 3. The molecule has 2 unspecified atom stereocenters. The fourth-order valence-electron chi connectivity index (χ4n) is 5.39. The molecule has 3 aromatic rings. The molecule has 2 aliphatic rings. The molecule has 0 saturated carbocycles. The first-order valence-corrected chi connectivity index (χ1v) is 10.5. The van der Waals surface area contributed by atoms with Crippen LogP contribution in [0.2, 0.25) is 0 Å². The number of carbonyl (C=O) groups excluding carboxylic acids is 1. The molecule has 2 N–H and O–H groups in total. The molecular formula is C25H22N4O2. The van der Waals surface area contributed by atoms with Gasteiger partial charge in [-0.05, 0) is 42.0 Å². The Kier molecular flexibility index (Phi) is 4.57. The number of aromatic amines is 1. The van der Waals surface area contributed by atoms with Crippen molar-refractivity contribution in [1.82, 2.24) is 15.2 Å². The molecule has 0 spiro atoms. The van der Waals surface area contributed by atoms with E-state index in [1.54, 1.807) is 12.4 Å². The van der Waals surface area contributed by atoms with Crippen LogP contribution in [0, 0.1) is 23.2 Å². The summed E-state index contributed by atoms with van der Waals surface area (Å²) < 4.78 is 0. The van der Waals surface area contributed by atoms with Gasteiger partial charge in [-0.3, -0.25) is 14.9 Å². The zero-order chi connectivity index (χ0) is 21.6.